The molecule has 0 aliphatic carbocycles. The number of aliphatic carboxylic acids is 5. The van der Waals surface area contributed by atoms with Gasteiger partial charge in [-0.05, 0) is 6.42 Å². The number of hydrogen-bond donors (Lipinski definition) is 8. The van der Waals surface area contributed by atoms with E-state index in [4.69, 9.17) is 5.11 Å². The maximum atomic E-state index is 12.6. The van der Waals surface area contributed by atoms with Gasteiger partial charge in [0.2, 0.25) is 13.3 Å². The van der Waals surface area contributed by atoms with Gasteiger partial charge in [-0.1, -0.05) is 0 Å². The van der Waals surface area contributed by atoms with E-state index in [-0.39, 0.29) is 125 Å². The molecular weight excluding hydrogens is 797 g/mol. The maximum absolute atomic E-state index is 12.6. The SMILES string of the molecule is O=C(O)CCC(CP(=O)(O)CCC(=O)NNC(=O)CN1CCN(CC(=O)O)CCN(CC(=O)O)CCN(CC(=O)O)CC1)C(=O)O.[Gd+3]. The molecule has 2 atom stereocenters. The molecule has 267 valence electrons. The van der Waals surface area contributed by atoms with Gasteiger partial charge in [-0.25, -0.2) is 0 Å². The third-order valence-electron chi connectivity index (χ3n) is 6.96. The van der Waals surface area contributed by atoms with E-state index in [2.05, 4.69) is 10.9 Å². The van der Waals surface area contributed by atoms with E-state index in [0.717, 1.165) is 0 Å². The fraction of sp³-hybridized carbons (Fsp3) is 0.720. The molecular formula is C25H43GdN6O14P+3. The molecule has 0 saturated carbocycles. The van der Waals surface area contributed by atoms with Crippen LogP contribution >= 0.6 is 7.37 Å². The summed E-state index contributed by atoms with van der Waals surface area (Å²) >= 11 is 0. The van der Waals surface area contributed by atoms with Gasteiger partial charge >= 0.3 is 69.8 Å². The van der Waals surface area contributed by atoms with E-state index < -0.39 is 80.1 Å². The summed E-state index contributed by atoms with van der Waals surface area (Å²) in [4.78, 5) is 97.5. The van der Waals surface area contributed by atoms with Crippen molar-refractivity contribution in [3.05, 3.63) is 0 Å². The van der Waals surface area contributed by atoms with Crippen molar-refractivity contribution in [3.8, 4) is 0 Å². The second-order valence-electron chi connectivity index (χ2n) is 10.9. The van der Waals surface area contributed by atoms with E-state index in [1.807, 2.05) is 0 Å². The Hall–Kier alpha value is -2.36. The zero-order valence-electron chi connectivity index (χ0n) is 25.6. The van der Waals surface area contributed by atoms with Gasteiger partial charge in [0, 0.05) is 77.5 Å². The van der Waals surface area contributed by atoms with Crippen molar-refractivity contribution in [2.45, 2.75) is 19.3 Å². The maximum Gasteiger partial charge on any atom is 3.00 e. The minimum atomic E-state index is -4.14. The summed E-state index contributed by atoms with van der Waals surface area (Å²) in [5, 5.41) is 45.8. The molecule has 1 heterocycles. The summed E-state index contributed by atoms with van der Waals surface area (Å²) in [5.74, 6) is -8.94. The molecule has 2 unspecified atom stereocenters. The largest absolute Gasteiger partial charge is 3.00 e. The van der Waals surface area contributed by atoms with Gasteiger partial charge in [-0.15, -0.1) is 0 Å². The van der Waals surface area contributed by atoms with Gasteiger partial charge < -0.3 is 30.4 Å². The molecule has 0 bridgehead atoms. The van der Waals surface area contributed by atoms with Crippen LogP contribution in [0.25, 0.3) is 0 Å². The van der Waals surface area contributed by atoms with E-state index in [9.17, 15) is 63.4 Å². The topological polar surface area (TPSA) is 295 Å². The van der Waals surface area contributed by atoms with Crippen LogP contribution in [0.3, 0.4) is 0 Å². The number of carboxylic acids is 5. The second kappa shape index (κ2) is 23.1. The molecule has 47 heavy (non-hydrogen) atoms. The normalized spacial score (nSPS) is 17.8. The van der Waals surface area contributed by atoms with Gasteiger partial charge in [0.15, 0.2) is 0 Å². The number of carboxylic acid groups (broad SMARTS) is 5. The summed E-state index contributed by atoms with van der Waals surface area (Å²) < 4.78 is 12.5. The summed E-state index contributed by atoms with van der Waals surface area (Å²) in [5.41, 5.74) is 4.26. The average molecular weight is 840 g/mol. The minimum absolute atomic E-state index is 0. The van der Waals surface area contributed by atoms with Gasteiger partial charge in [-0.2, -0.15) is 0 Å². The molecule has 2 amide bonds. The molecule has 1 saturated heterocycles. The molecule has 22 heteroatoms. The Bertz CT molecular complexity index is 1120. The van der Waals surface area contributed by atoms with Gasteiger partial charge in [-0.3, -0.25) is 68.6 Å². The van der Waals surface area contributed by atoms with Crippen LogP contribution in [-0.4, -0.2) is 183 Å². The Morgan fingerprint density at radius 1 is 0.574 bits per heavy atom. The first-order valence-electron chi connectivity index (χ1n) is 14.3. The first kappa shape index (κ1) is 44.6. The summed E-state index contributed by atoms with van der Waals surface area (Å²) in [6.07, 6.45) is -2.75. The Morgan fingerprint density at radius 2 is 0.936 bits per heavy atom. The fourth-order valence-electron chi connectivity index (χ4n) is 4.53. The molecule has 1 aliphatic rings. The molecule has 1 rings (SSSR count). The zero-order valence-corrected chi connectivity index (χ0v) is 28.8. The van der Waals surface area contributed by atoms with Crippen molar-refractivity contribution in [1.29, 1.82) is 0 Å². The van der Waals surface area contributed by atoms with Gasteiger partial charge in [0.05, 0.1) is 32.1 Å². The first-order chi connectivity index (χ1) is 21.5. The molecule has 20 nitrogen and oxygen atoms in total. The molecule has 1 radical (unpaired) electrons. The third-order valence-corrected chi connectivity index (χ3v) is 8.90. The Morgan fingerprint density at radius 3 is 1.28 bits per heavy atom. The summed E-state index contributed by atoms with van der Waals surface area (Å²) in [6.45, 7) is 0.146. The van der Waals surface area contributed by atoms with E-state index >= 15 is 0 Å². The standard InChI is InChI=1S/C25H43N6O14P.Gd/c32-19(3-12-46(44,45)17-18(25(42)43)1-2-21(34)35)26-27-20(33)13-28-4-6-29(14-22(36)37)8-10-31(16-24(40)41)11-9-30(7-5-28)15-23(38)39;/h18H,1-17H2,(H,26,32)(H,27,33)(H,34,35)(H,36,37)(H,38,39)(H,40,41)(H,42,43)(H,44,45);/q;+3. The number of carbonyl (C=O) groups is 7. The number of nitrogens with one attached hydrogen (secondary N) is 2. The quantitative estimate of drug-likeness (QED) is 0.0530. The zero-order chi connectivity index (χ0) is 34.9. The monoisotopic (exact) mass is 840 g/mol. The molecule has 1 aliphatic heterocycles. The van der Waals surface area contributed by atoms with Gasteiger partial charge in [0.1, 0.15) is 0 Å². The second-order valence-corrected chi connectivity index (χ2v) is 13.4. The number of hydrazine groups is 1. The number of rotatable bonds is 17. The van der Waals surface area contributed by atoms with Crippen molar-refractivity contribution in [1.82, 2.24) is 30.5 Å². The van der Waals surface area contributed by atoms with Crippen LogP contribution in [0, 0.1) is 45.9 Å². The predicted molar refractivity (Wildman–Crippen MR) is 157 cm³/mol. The Kier molecular flexibility index (Phi) is 21.9. The van der Waals surface area contributed by atoms with Crippen molar-refractivity contribution in [2.24, 2.45) is 5.92 Å². The number of hydrogen-bond acceptors (Lipinski definition) is 12. The third kappa shape index (κ3) is 22.0. The van der Waals surface area contributed by atoms with E-state index in [0.29, 0.717) is 0 Å². The Balaban J connectivity index is 0.0000212. The number of nitrogens with zero attached hydrogens (tertiary/aromatic N) is 4. The number of amides is 2. The van der Waals surface area contributed by atoms with Crippen LogP contribution < -0.4 is 10.9 Å². The van der Waals surface area contributed by atoms with Gasteiger partial charge in [0.25, 0.3) is 5.91 Å². The summed E-state index contributed by atoms with van der Waals surface area (Å²) in [7, 11) is -4.14. The first-order valence-corrected chi connectivity index (χ1v) is 16.4. The summed E-state index contributed by atoms with van der Waals surface area (Å²) in [6, 6.07) is 0. The van der Waals surface area contributed by atoms with Crippen LogP contribution in [0.1, 0.15) is 19.3 Å². The predicted octanol–water partition coefficient (Wildman–Crippen LogP) is -3.16. The van der Waals surface area contributed by atoms with Crippen LogP contribution in [-0.2, 0) is 38.1 Å². The average Bonchev–Trinajstić information content (AvgIpc) is 2.93. The molecule has 0 spiro atoms. The number of carbonyl (C=O) groups excluding carboxylic acids is 2. The molecule has 8 N–H and O–H groups in total. The minimum Gasteiger partial charge on any atom is -0.481 e. The van der Waals surface area contributed by atoms with Crippen LogP contribution in [0.5, 0.6) is 0 Å². The van der Waals surface area contributed by atoms with E-state index in [1.54, 1.807) is 19.6 Å². The molecule has 1 fully saturated rings. The smallest absolute Gasteiger partial charge is 0.481 e. The Labute approximate surface area is 302 Å². The van der Waals surface area contributed by atoms with Crippen LogP contribution in [0.2, 0.25) is 0 Å². The van der Waals surface area contributed by atoms with E-state index in [1.165, 1.54) is 0 Å². The van der Waals surface area contributed by atoms with Crippen LogP contribution in [0.15, 0.2) is 0 Å². The van der Waals surface area contributed by atoms with Crippen molar-refractivity contribution < 1.29 is 108 Å². The molecule has 0 aromatic heterocycles. The molecule has 0 aromatic rings. The van der Waals surface area contributed by atoms with Crippen LogP contribution in [0.4, 0.5) is 0 Å². The van der Waals surface area contributed by atoms with Crippen molar-refractivity contribution in [3.63, 3.8) is 0 Å². The molecule has 0 aromatic carbocycles. The van der Waals surface area contributed by atoms with Crippen molar-refractivity contribution >= 4 is 49.0 Å². The van der Waals surface area contributed by atoms with Crippen molar-refractivity contribution in [2.75, 3.05) is 90.9 Å². The fourth-order valence-corrected chi connectivity index (χ4v) is 6.29.